The lowest BCUT2D eigenvalue weighted by Crippen LogP contribution is -2.30. The van der Waals surface area contributed by atoms with Gasteiger partial charge < -0.3 is 15.4 Å². The van der Waals surface area contributed by atoms with Gasteiger partial charge >= 0.3 is 5.97 Å². The molecule has 0 saturated heterocycles. The van der Waals surface area contributed by atoms with Crippen LogP contribution >= 0.6 is 15.9 Å². The van der Waals surface area contributed by atoms with Crippen LogP contribution in [0.25, 0.3) is 0 Å². The summed E-state index contributed by atoms with van der Waals surface area (Å²) in [6.07, 6.45) is 0. The number of hydrogen-bond donors (Lipinski definition) is 1. The number of nitrogens with zero attached hydrogens (tertiary/aromatic N) is 1. The Balaban J connectivity index is 2.60. The van der Waals surface area contributed by atoms with Crippen LogP contribution in [0.15, 0.2) is 22.7 Å². The monoisotopic (exact) mass is 314 g/mol. The van der Waals surface area contributed by atoms with Crippen molar-refractivity contribution in [1.82, 2.24) is 4.90 Å². The lowest BCUT2D eigenvalue weighted by molar-refractivity contribution is -0.133. The summed E-state index contributed by atoms with van der Waals surface area (Å²) < 4.78 is 5.62. The Morgan fingerprint density at radius 1 is 1.44 bits per heavy atom. The maximum Gasteiger partial charge on any atom is 0.338 e. The van der Waals surface area contributed by atoms with Crippen molar-refractivity contribution < 1.29 is 14.3 Å². The number of benzene rings is 1. The fraction of sp³-hybridized carbons (Fsp3) is 0.333. The van der Waals surface area contributed by atoms with Crippen LogP contribution in [0.2, 0.25) is 0 Å². The fourth-order valence-electron chi connectivity index (χ4n) is 1.17. The lowest BCUT2D eigenvalue weighted by Gasteiger charge is -2.14. The van der Waals surface area contributed by atoms with E-state index in [0.717, 1.165) is 0 Å². The topological polar surface area (TPSA) is 72.6 Å². The van der Waals surface area contributed by atoms with Crippen LogP contribution in [-0.4, -0.2) is 37.0 Å². The van der Waals surface area contributed by atoms with Crippen LogP contribution in [-0.2, 0) is 9.53 Å². The second-order valence-electron chi connectivity index (χ2n) is 3.72. The van der Waals surface area contributed by atoms with Gasteiger partial charge in [0.1, 0.15) is 0 Å². The molecule has 0 fully saturated rings. The van der Waals surface area contributed by atoms with E-state index in [-0.39, 0.29) is 12.5 Å². The molecule has 98 valence electrons. The Hall–Kier alpha value is -1.56. The van der Waals surface area contributed by atoms with Crippen LogP contribution in [0.1, 0.15) is 17.3 Å². The van der Waals surface area contributed by atoms with Crippen LogP contribution < -0.4 is 5.73 Å². The summed E-state index contributed by atoms with van der Waals surface area (Å²) in [5.74, 6) is -0.803. The van der Waals surface area contributed by atoms with E-state index in [1.807, 2.05) is 6.92 Å². The van der Waals surface area contributed by atoms with E-state index in [1.165, 1.54) is 11.0 Å². The minimum atomic E-state index is -0.563. The molecule has 0 aliphatic rings. The molecule has 0 aromatic heterocycles. The van der Waals surface area contributed by atoms with E-state index in [0.29, 0.717) is 22.3 Å². The van der Waals surface area contributed by atoms with Crippen LogP contribution in [0.5, 0.6) is 0 Å². The first kappa shape index (κ1) is 14.5. The Labute approximate surface area is 114 Å². The molecule has 0 radical (unpaired) electrons. The molecule has 18 heavy (non-hydrogen) atoms. The summed E-state index contributed by atoms with van der Waals surface area (Å²) in [6.45, 7) is 2.15. The number of hydrogen-bond acceptors (Lipinski definition) is 4. The van der Waals surface area contributed by atoms with E-state index in [1.54, 1.807) is 19.2 Å². The van der Waals surface area contributed by atoms with Gasteiger partial charge in [0, 0.05) is 23.8 Å². The summed E-state index contributed by atoms with van der Waals surface area (Å²) in [5, 5.41) is 0. The van der Waals surface area contributed by atoms with Crippen molar-refractivity contribution in [2.24, 2.45) is 0 Å². The molecule has 2 N–H and O–H groups in total. The van der Waals surface area contributed by atoms with Gasteiger partial charge in [0.25, 0.3) is 5.91 Å². The molecule has 1 rings (SSSR count). The number of halogens is 1. The summed E-state index contributed by atoms with van der Waals surface area (Å²) >= 11 is 3.23. The number of carbonyl (C=O) groups is 2. The van der Waals surface area contributed by atoms with E-state index in [9.17, 15) is 9.59 Å². The summed E-state index contributed by atoms with van der Waals surface area (Å²) in [7, 11) is 1.65. The highest BCUT2D eigenvalue weighted by atomic mass is 79.9. The highest BCUT2D eigenvalue weighted by Gasteiger charge is 2.13. The number of nitrogens with two attached hydrogens (primary N) is 1. The predicted octanol–water partition coefficient (Wildman–Crippen LogP) is 1.67. The van der Waals surface area contributed by atoms with Crippen molar-refractivity contribution in [2.45, 2.75) is 6.92 Å². The largest absolute Gasteiger partial charge is 0.452 e. The van der Waals surface area contributed by atoms with Crippen molar-refractivity contribution in [3.05, 3.63) is 28.2 Å². The first-order valence-electron chi connectivity index (χ1n) is 5.41. The van der Waals surface area contributed by atoms with Crippen molar-refractivity contribution >= 4 is 33.5 Å². The first-order chi connectivity index (χ1) is 8.45. The Morgan fingerprint density at radius 3 is 2.67 bits per heavy atom. The predicted molar refractivity (Wildman–Crippen MR) is 72.1 cm³/mol. The summed E-state index contributed by atoms with van der Waals surface area (Å²) in [6, 6.07) is 4.74. The third kappa shape index (κ3) is 3.73. The van der Waals surface area contributed by atoms with Crippen LogP contribution in [0.3, 0.4) is 0 Å². The molecule has 0 spiro atoms. The van der Waals surface area contributed by atoms with E-state index >= 15 is 0 Å². The smallest absolute Gasteiger partial charge is 0.338 e. The van der Waals surface area contributed by atoms with Gasteiger partial charge in [0.2, 0.25) is 0 Å². The number of anilines is 1. The quantitative estimate of drug-likeness (QED) is 0.677. The fourth-order valence-corrected chi connectivity index (χ4v) is 1.41. The van der Waals surface area contributed by atoms with Gasteiger partial charge in [-0.25, -0.2) is 4.79 Å². The van der Waals surface area contributed by atoms with Crippen molar-refractivity contribution in [1.29, 1.82) is 0 Å². The normalized spacial score (nSPS) is 9.94. The zero-order valence-corrected chi connectivity index (χ0v) is 11.9. The van der Waals surface area contributed by atoms with Crippen molar-refractivity contribution in [2.75, 3.05) is 25.9 Å². The van der Waals surface area contributed by atoms with Gasteiger partial charge in [-0.2, -0.15) is 0 Å². The molecule has 0 aliphatic heterocycles. The maximum absolute atomic E-state index is 11.7. The first-order valence-corrected chi connectivity index (χ1v) is 6.21. The van der Waals surface area contributed by atoms with E-state index in [4.69, 9.17) is 10.5 Å². The van der Waals surface area contributed by atoms with E-state index in [2.05, 4.69) is 15.9 Å². The zero-order chi connectivity index (χ0) is 13.7. The highest BCUT2D eigenvalue weighted by molar-refractivity contribution is 9.10. The third-order valence-electron chi connectivity index (χ3n) is 2.46. The summed E-state index contributed by atoms with van der Waals surface area (Å²) in [5.41, 5.74) is 6.42. The molecule has 0 unspecified atom stereocenters. The molecule has 0 atom stereocenters. The molecular formula is C12H15BrN2O3. The second kappa shape index (κ2) is 6.39. The number of ether oxygens (including phenoxy) is 1. The molecule has 1 aromatic rings. The Kier molecular flexibility index (Phi) is 5.15. The zero-order valence-electron chi connectivity index (χ0n) is 10.3. The van der Waals surface area contributed by atoms with Crippen LogP contribution in [0.4, 0.5) is 5.69 Å². The molecule has 1 amide bonds. The van der Waals surface area contributed by atoms with Gasteiger partial charge in [-0.15, -0.1) is 0 Å². The van der Waals surface area contributed by atoms with Gasteiger partial charge in [0.05, 0.1) is 5.56 Å². The van der Waals surface area contributed by atoms with Gasteiger partial charge in [-0.1, -0.05) is 0 Å². The average Bonchev–Trinajstić information content (AvgIpc) is 2.37. The number of nitrogen functional groups attached to an aromatic ring is 1. The molecule has 1 aromatic carbocycles. The number of rotatable bonds is 4. The minimum Gasteiger partial charge on any atom is -0.452 e. The molecule has 6 heteroatoms. The molecule has 5 nitrogen and oxygen atoms in total. The Bertz CT molecular complexity index is 463. The lowest BCUT2D eigenvalue weighted by atomic mass is 10.2. The number of carbonyl (C=O) groups excluding carboxylic acids is 2. The number of esters is 1. The van der Waals surface area contributed by atoms with Crippen molar-refractivity contribution in [3.63, 3.8) is 0 Å². The highest BCUT2D eigenvalue weighted by Crippen LogP contribution is 2.20. The number of amides is 1. The van der Waals surface area contributed by atoms with Gasteiger partial charge in [0.15, 0.2) is 6.61 Å². The number of likely N-dealkylation sites (N-methyl/N-ethyl adjacent to an activating group) is 1. The van der Waals surface area contributed by atoms with Crippen molar-refractivity contribution in [3.8, 4) is 0 Å². The Morgan fingerprint density at radius 2 is 2.11 bits per heavy atom. The third-order valence-corrected chi connectivity index (χ3v) is 3.18. The molecular weight excluding hydrogens is 300 g/mol. The average molecular weight is 315 g/mol. The molecule has 0 saturated carbocycles. The molecule has 0 aliphatic carbocycles. The van der Waals surface area contributed by atoms with E-state index < -0.39 is 5.97 Å². The summed E-state index contributed by atoms with van der Waals surface area (Å²) in [4.78, 5) is 24.6. The SMILES string of the molecule is CCN(C)C(=O)COC(=O)c1ccc(Br)c(N)c1. The molecule has 0 heterocycles. The van der Waals surface area contributed by atoms with Crippen LogP contribution in [0, 0.1) is 0 Å². The minimum absolute atomic E-state index is 0.240. The maximum atomic E-state index is 11.7. The van der Waals surface area contributed by atoms with Gasteiger partial charge in [-0.05, 0) is 41.1 Å². The second-order valence-corrected chi connectivity index (χ2v) is 4.57. The standard InChI is InChI=1S/C12H15BrN2O3/c1-3-15(2)11(16)7-18-12(17)8-4-5-9(13)10(14)6-8/h4-6H,3,7,14H2,1-2H3. The molecule has 0 bridgehead atoms. The van der Waals surface area contributed by atoms with Gasteiger partial charge in [-0.3, -0.25) is 4.79 Å².